The van der Waals surface area contributed by atoms with Gasteiger partial charge in [0.05, 0.1) is 30.7 Å². The number of esters is 1. The number of hydrogen-bond acceptors (Lipinski definition) is 9. The average Bonchev–Trinajstić information content (AvgIpc) is 3.41. The number of likely N-dealkylation sites (N-methyl/N-ethyl adjacent to an activating group) is 1. The fourth-order valence-corrected chi connectivity index (χ4v) is 4.90. The van der Waals surface area contributed by atoms with E-state index in [-0.39, 0.29) is 43.0 Å². The maximum atomic E-state index is 14.2. The van der Waals surface area contributed by atoms with E-state index in [4.69, 9.17) is 18.9 Å². The minimum absolute atomic E-state index is 0.0851. The largest absolute Gasteiger partial charge is 0.493 e. The SMILES string of the molecule is COCCC(=NN(C)C(=O)CNC(=O)c1ccc(OCCOC(=O)CC(C)C)c(OC)c1)c1csc2c(F)cccc12. The number of fused-ring (bicyclic) bond motifs is 1. The number of thiophene rings is 1. The second-order valence-electron chi connectivity index (χ2n) is 9.69. The molecule has 226 valence electrons. The van der Waals surface area contributed by atoms with E-state index in [9.17, 15) is 18.8 Å². The lowest BCUT2D eigenvalue weighted by Gasteiger charge is -2.15. The zero-order chi connectivity index (χ0) is 30.6. The van der Waals surface area contributed by atoms with Crippen molar-refractivity contribution in [1.29, 1.82) is 0 Å². The Morgan fingerprint density at radius 3 is 2.57 bits per heavy atom. The monoisotopic (exact) mass is 601 g/mol. The zero-order valence-electron chi connectivity index (χ0n) is 24.4. The van der Waals surface area contributed by atoms with Crippen LogP contribution in [0.1, 0.15) is 42.6 Å². The smallest absolute Gasteiger partial charge is 0.306 e. The molecule has 0 unspecified atom stereocenters. The Balaban J connectivity index is 1.60. The van der Waals surface area contributed by atoms with E-state index in [0.717, 1.165) is 10.6 Å². The van der Waals surface area contributed by atoms with Crippen molar-refractivity contribution >= 4 is 44.9 Å². The number of carbonyl (C=O) groups excluding carboxylic acids is 3. The number of halogens is 1. The van der Waals surface area contributed by atoms with Crippen LogP contribution >= 0.6 is 11.3 Å². The van der Waals surface area contributed by atoms with Gasteiger partial charge in [0.1, 0.15) is 19.0 Å². The molecule has 10 nitrogen and oxygen atoms in total. The van der Waals surface area contributed by atoms with Crippen LogP contribution < -0.4 is 14.8 Å². The van der Waals surface area contributed by atoms with Gasteiger partial charge in [0, 0.05) is 48.9 Å². The first kappa shape index (κ1) is 32.5. The molecule has 1 N–H and O–H groups in total. The molecule has 3 aromatic rings. The number of carbonyl (C=O) groups is 3. The van der Waals surface area contributed by atoms with Crippen LogP contribution in [0, 0.1) is 11.7 Å². The van der Waals surface area contributed by atoms with Crippen LogP contribution in [0.15, 0.2) is 46.9 Å². The number of rotatable bonds is 15. The van der Waals surface area contributed by atoms with Gasteiger partial charge in [0.25, 0.3) is 11.8 Å². The Morgan fingerprint density at radius 1 is 1.07 bits per heavy atom. The van der Waals surface area contributed by atoms with Crippen molar-refractivity contribution < 1.29 is 37.7 Å². The van der Waals surface area contributed by atoms with Gasteiger partial charge in [0.15, 0.2) is 11.5 Å². The summed E-state index contributed by atoms with van der Waals surface area (Å²) >= 11 is 1.27. The molecule has 0 aliphatic heterocycles. The summed E-state index contributed by atoms with van der Waals surface area (Å²) in [5.41, 5.74) is 1.54. The highest BCUT2D eigenvalue weighted by Crippen LogP contribution is 2.30. The van der Waals surface area contributed by atoms with Gasteiger partial charge in [-0.1, -0.05) is 26.0 Å². The van der Waals surface area contributed by atoms with Crippen molar-refractivity contribution in [3.8, 4) is 11.5 Å². The van der Waals surface area contributed by atoms with E-state index in [1.54, 1.807) is 19.2 Å². The van der Waals surface area contributed by atoms with Crippen molar-refractivity contribution in [3.63, 3.8) is 0 Å². The zero-order valence-corrected chi connectivity index (χ0v) is 25.2. The highest BCUT2D eigenvalue weighted by Gasteiger charge is 2.18. The topological polar surface area (TPSA) is 116 Å². The van der Waals surface area contributed by atoms with Gasteiger partial charge in [-0.3, -0.25) is 14.4 Å². The van der Waals surface area contributed by atoms with E-state index >= 15 is 0 Å². The number of hydrogen-bond donors (Lipinski definition) is 1. The number of amides is 2. The maximum absolute atomic E-state index is 14.2. The highest BCUT2D eigenvalue weighted by molar-refractivity contribution is 7.17. The number of benzene rings is 2. The maximum Gasteiger partial charge on any atom is 0.306 e. The standard InChI is InChI=1S/C30H36FN3O7S/c1-19(2)15-28(36)41-14-13-40-25-10-9-20(16-26(25)39-5)30(37)32-17-27(35)34(3)33-24(11-12-38-4)22-18-42-29-21(22)7-6-8-23(29)31/h6-10,16,18-19H,11-15,17H2,1-5H3,(H,32,37). The van der Waals surface area contributed by atoms with E-state index in [2.05, 4.69) is 10.4 Å². The summed E-state index contributed by atoms with van der Waals surface area (Å²) in [5.74, 6) is -0.663. The lowest BCUT2D eigenvalue weighted by molar-refractivity contribution is -0.145. The van der Waals surface area contributed by atoms with Gasteiger partial charge >= 0.3 is 5.97 Å². The third kappa shape index (κ3) is 8.98. The predicted molar refractivity (Wildman–Crippen MR) is 159 cm³/mol. The predicted octanol–water partition coefficient (Wildman–Crippen LogP) is 4.65. The Morgan fingerprint density at radius 2 is 1.86 bits per heavy atom. The van der Waals surface area contributed by atoms with E-state index in [0.29, 0.717) is 46.7 Å². The molecule has 0 spiro atoms. The van der Waals surface area contributed by atoms with Crippen molar-refractivity contribution in [2.75, 3.05) is 47.6 Å². The molecule has 0 saturated carbocycles. The molecule has 0 saturated heterocycles. The third-order valence-corrected chi connectivity index (χ3v) is 7.05. The first-order valence-corrected chi connectivity index (χ1v) is 14.3. The molecule has 0 radical (unpaired) electrons. The van der Waals surface area contributed by atoms with Gasteiger partial charge in [0.2, 0.25) is 0 Å². The van der Waals surface area contributed by atoms with Gasteiger partial charge in [-0.2, -0.15) is 5.10 Å². The van der Waals surface area contributed by atoms with Crippen LogP contribution in [0.25, 0.3) is 10.1 Å². The van der Waals surface area contributed by atoms with Gasteiger partial charge in [-0.05, 0) is 30.2 Å². The summed E-state index contributed by atoms with van der Waals surface area (Å²) in [4.78, 5) is 37.3. The van der Waals surface area contributed by atoms with Crippen LogP contribution in [-0.2, 0) is 19.1 Å². The minimum Gasteiger partial charge on any atom is -0.493 e. The lowest BCUT2D eigenvalue weighted by atomic mass is 10.1. The van der Waals surface area contributed by atoms with Crippen LogP contribution in [0.2, 0.25) is 0 Å². The number of methoxy groups -OCH3 is 2. The average molecular weight is 602 g/mol. The first-order valence-electron chi connectivity index (χ1n) is 13.4. The highest BCUT2D eigenvalue weighted by atomic mass is 32.1. The van der Waals surface area contributed by atoms with Crippen LogP contribution in [-0.4, -0.2) is 76.1 Å². The molecule has 0 bridgehead atoms. The van der Waals surface area contributed by atoms with Crippen molar-refractivity contribution in [2.24, 2.45) is 11.0 Å². The molecule has 0 fully saturated rings. The fourth-order valence-electron chi connectivity index (χ4n) is 3.92. The number of nitrogens with one attached hydrogen (secondary N) is 1. The number of nitrogens with zero attached hydrogens (tertiary/aromatic N) is 2. The summed E-state index contributed by atoms with van der Waals surface area (Å²) in [7, 11) is 4.49. The van der Waals surface area contributed by atoms with Crippen molar-refractivity contribution in [2.45, 2.75) is 26.7 Å². The molecule has 12 heteroatoms. The Labute approximate surface area is 248 Å². The van der Waals surface area contributed by atoms with Crippen molar-refractivity contribution in [1.82, 2.24) is 10.3 Å². The molecule has 1 heterocycles. The van der Waals surface area contributed by atoms with Gasteiger partial charge in [-0.15, -0.1) is 11.3 Å². The molecule has 2 amide bonds. The van der Waals surface area contributed by atoms with Crippen molar-refractivity contribution in [3.05, 3.63) is 58.7 Å². The molecule has 1 aromatic heterocycles. The van der Waals surface area contributed by atoms with Crippen LogP contribution in [0.3, 0.4) is 0 Å². The Kier molecular flexibility index (Phi) is 12.2. The van der Waals surface area contributed by atoms with Gasteiger partial charge in [-0.25, -0.2) is 9.40 Å². The summed E-state index contributed by atoms with van der Waals surface area (Å²) in [6.45, 7) is 4.12. The second-order valence-corrected chi connectivity index (χ2v) is 10.6. The molecular weight excluding hydrogens is 565 g/mol. The van der Waals surface area contributed by atoms with E-state index in [1.807, 2.05) is 25.3 Å². The van der Waals surface area contributed by atoms with Gasteiger partial charge < -0.3 is 24.3 Å². The lowest BCUT2D eigenvalue weighted by Crippen LogP contribution is -2.36. The molecule has 3 rings (SSSR count). The third-order valence-electron chi connectivity index (χ3n) is 6.04. The van der Waals surface area contributed by atoms with E-state index in [1.165, 1.54) is 43.7 Å². The molecule has 0 aliphatic carbocycles. The molecule has 0 aliphatic rings. The molecule has 42 heavy (non-hydrogen) atoms. The molecule has 2 aromatic carbocycles. The fraction of sp³-hybridized carbons (Fsp3) is 0.400. The molecular formula is C30H36FN3O7S. The second kappa shape index (κ2) is 15.8. The summed E-state index contributed by atoms with van der Waals surface area (Å²) in [6.07, 6.45) is 0.733. The van der Waals surface area contributed by atoms with Crippen LogP contribution in [0.4, 0.5) is 4.39 Å². The quantitative estimate of drug-likeness (QED) is 0.117. The van der Waals surface area contributed by atoms with E-state index < -0.39 is 11.8 Å². The van der Waals surface area contributed by atoms with Crippen LogP contribution in [0.5, 0.6) is 11.5 Å². The summed E-state index contributed by atoms with van der Waals surface area (Å²) in [5, 5.41) is 10.7. The Hall–Kier alpha value is -4.03. The minimum atomic E-state index is -0.493. The normalized spacial score (nSPS) is 11.5. The number of ether oxygens (including phenoxy) is 4. The first-order chi connectivity index (χ1) is 20.1. The summed E-state index contributed by atoms with van der Waals surface area (Å²) in [6, 6.07) is 9.43. The summed E-state index contributed by atoms with van der Waals surface area (Å²) < 4.78 is 36.1. The Bertz CT molecular complexity index is 1420. The molecule has 0 atom stereocenters. The number of hydrazone groups is 1.